The van der Waals surface area contributed by atoms with Gasteiger partial charge in [-0.2, -0.15) is 13.2 Å². The van der Waals surface area contributed by atoms with Crippen molar-refractivity contribution in [3.8, 4) is 0 Å². The summed E-state index contributed by atoms with van der Waals surface area (Å²) in [6.45, 7) is 3.61. The lowest BCUT2D eigenvalue weighted by Gasteiger charge is -2.35. The molecule has 2 heterocycles. The first kappa shape index (κ1) is 20.2. The lowest BCUT2D eigenvalue weighted by molar-refractivity contribution is -0.137. The molecule has 0 radical (unpaired) electrons. The molecule has 11 heteroatoms. The predicted molar refractivity (Wildman–Crippen MR) is 88.1 cm³/mol. The molecule has 0 bridgehead atoms. The number of hydrogen-bond donors (Lipinski definition) is 1. The number of nitrogens with zero attached hydrogens (tertiary/aromatic N) is 3. The second-order valence-electron chi connectivity index (χ2n) is 5.56. The summed E-state index contributed by atoms with van der Waals surface area (Å²) in [5.74, 6) is -0.210. The molecule has 2 rings (SSSR count). The number of ether oxygens (including phenoxy) is 1. The van der Waals surface area contributed by atoms with Crippen LogP contribution >= 0.6 is 11.6 Å². The van der Waals surface area contributed by atoms with Crippen LogP contribution in [0, 0.1) is 0 Å². The minimum Gasteiger partial charge on any atom is -0.450 e. The van der Waals surface area contributed by atoms with Gasteiger partial charge in [-0.05, 0) is 13.0 Å². The van der Waals surface area contributed by atoms with Crippen molar-refractivity contribution in [1.29, 1.82) is 0 Å². The van der Waals surface area contributed by atoms with Gasteiger partial charge in [-0.3, -0.25) is 15.0 Å². The van der Waals surface area contributed by atoms with E-state index in [1.807, 2.05) is 4.90 Å². The van der Waals surface area contributed by atoms with Crippen LogP contribution in [-0.4, -0.2) is 61.2 Å². The van der Waals surface area contributed by atoms with Gasteiger partial charge >= 0.3 is 12.3 Å². The fraction of sp³-hybridized carbons (Fsp3) is 0.533. The average molecular weight is 395 g/mol. The van der Waals surface area contributed by atoms with Crippen molar-refractivity contribution in [2.75, 3.05) is 44.2 Å². The van der Waals surface area contributed by atoms with Crippen LogP contribution in [-0.2, 0) is 15.7 Å². The topological polar surface area (TPSA) is 74.8 Å². The number of aromatic nitrogens is 1. The first-order valence-corrected chi connectivity index (χ1v) is 8.25. The van der Waals surface area contributed by atoms with Crippen LogP contribution in [0.2, 0.25) is 5.02 Å². The molecule has 0 atom stereocenters. The number of pyridine rings is 1. The molecule has 1 aromatic rings. The number of hydrogen-bond acceptors (Lipinski definition) is 6. The summed E-state index contributed by atoms with van der Waals surface area (Å²) < 4.78 is 42.6. The number of carbonyl (C=O) groups excluding carboxylic acids is 2. The molecule has 1 aromatic heterocycles. The van der Waals surface area contributed by atoms with Gasteiger partial charge in [-0.1, -0.05) is 11.6 Å². The maximum atomic E-state index is 12.7. The van der Waals surface area contributed by atoms with Crippen molar-refractivity contribution in [1.82, 2.24) is 15.2 Å². The second kappa shape index (κ2) is 8.54. The highest BCUT2D eigenvalue weighted by atomic mass is 35.5. The summed E-state index contributed by atoms with van der Waals surface area (Å²) in [4.78, 5) is 30.3. The number of carbonyl (C=O) groups is 2. The van der Waals surface area contributed by atoms with E-state index in [9.17, 15) is 22.8 Å². The van der Waals surface area contributed by atoms with Crippen LogP contribution in [0.1, 0.15) is 12.5 Å². The average Bonchev–Trinajstić information content (AvgIpc) is 2.55. The second-order valence-corrected chi connectivity index (χ2v) is 5.97. The number of piperazine rings is 1. The molecule has 0 saturated carbocycles. The predicted octanol–water partition coefficient (Wildman–Crippen LogP) is 2.15. The molecule has 0 spiro atoms. The third-order valence-corrected chi connectivity index (χ3v) is 3.98. The zero-order valence-corrected chi connectivity index (χ0v) is 14.7. The molecule has 1 saturated heterocycles. The largest absolute Gasteiger partial charge is 0.450 e. The fourth-order valence-electron chi connectivity index (χ4n) is 2.46. The Morgan fingerprint density at radius 2 is 1.96 bits per heavy atom. The van der Waals surface area contributed by atoms with Gasteiger partial charge in [0.05, 0.1) is 23.7 Å². The van der Waals surface area contributed by atoms with Crippen molar-refractivity contribution >= 4 is 29.4 Å². The van der Waals surface area contributed by atoms with E-state index in [1.54, 1.807) is 11.8 Å². The van der Waals surface area contributed by atoms with E-state index < -0.39 is 23.7 Å². The van der Waals surface area contributed by atoms with Crippen molar-refractivity contribution in [3.05, 3.63) is 22.8 Å². The van der Waals surface area contributed by atoms with Crippen molar-refractivity contribution < 1.29 is 27.5 Å². The van der Waals surface area contributed by atoms with Crippen molar-refractivity contribution in [2.45, 2.75) is 13.1 Å². The fourth-order valence-corrected chi connectivity index (χ4v) is 2.75. The number of amides is 2. The van der Waals surface area contributed by atoms with Gasteiger partial charge in [0, 0.05) is 32.4 Å². The van der Waals surface area contributed by atoms with Crippen LogP contribution in [0.4, 0.5) is 23.8 Å². The quantitative estimate of drug-likeness (QED) is 0.843. The standard InChI is InChI=1S/C15H18ClF3N4O3/c1-2-26-14(25)21-12(24)9-22-3-5-23(6-4-22)13-11(16)7-10(8-20-13)15(17,18)19/h7-8H,2-6,9H2,1H3,(H,21,24,25). The molecular weight excluding hydrogens is 377 g/mol. The SMILES string of the molecule is CCOC(=O)NC(=O)CN1CCN(c2ncc(C(F)(F)F)cc2Cl)CC1. The van der Waals surface area contributed by atoms with E-state index in [4.69, 9.17) is 11.6 Å². The zero-order valence-electron chi connectivity index (χ0n) is 14.0. The first-order chi connectivity index (χ1) is 12.2. The van der Waals surface area contributed by atoms with E-state index >= 15 is 0 Å². The molecule has 7 nitrogen and oxygen atoms in total. The van der Waals surface area contributed by atoms with Gasteiger partial charge in [-0.25, -0.2) is 9.78 Å². The Balaban J connectivity index is 1.88. The van der Waals surface area contributed by atoms with Gasteiger partial charge in [-0.15, -0.1) is 0 Å². The maximum Gasteiger partial charge on any atom is 0.417 e. The van der Waals surface area contributed by atoms with Gasteiger partial charge in [0.2, 0.25) is 5.91 Å². The Kier molecular flexibility index (Phi) is 6.65. The molecule has 0 unspecified atom stereocenters. The summed E-state index contributed by atoms with van der Waals surface area (Å²) in [7, 11) is 0. The highest BCUT2D eigenvalue weighted by Gasteiger charge is 2.32. The Morgan fingerprint density at radius 3 is 2.50 bits per heavy atom. The third-order valence-electron chi connectivity index (χ3n) is 3.71. The highest BCUT2D eigenvalue weighted by Crippen LogP contribution is 2.33. The minimum absolute atomic E-state index is 0.0147. The number of anilines is 1. The summed E-state index contributed by atoms with van der Waals surface area (Å²) in [5.41, 5.74) is -0.902. The number of nitrogens with one attached hydrogen (secondary N) is 1. The Bertz CT molecular complexity index is 664. The number of alkyl halides is 3. The van der Waals surface area contributed by atoms with Crippen LogP contribution in [0.5, 0.6) is 0 Å². The summed E-state index contributed by atoms with van der Waals surface area (Å²) in [6.07, 6.45) is -4.54. The lowest BCUT2D eigenvalue weighted by Crippen LogP contribution is -2.50. The van der Waals surface area contributed by atoms with Gasteiger partial charge in [0.25, 0.3) is 0 Å². The monoisotopic (exact) mass is 394 g/mol. The zero-order chi connectivity index (χ0) is 19.3. The molecular formula is C15H18ClF3N4O3. The van der Waals surface area contributed by atoms with Crippen LogP contribution in [0.25, 0.3) is 0 Å². The molecule has 1 aliphatic rings. The first-order valence-electron chi connectivity index (χ1n) is 7.87. The third kappa shape index (κ3) is 5.46. The van der Waals surface area contributed by atoms with Crippen LogP contribution in [0.15, 0.2) is 12.3 Å². The normalized spacial score (nSPS) is 15.7. The minimum atomic E-state index is -4.50. The molecule has 1 aliphatic heterocycles. The summed E-state index contributed by atoms with van der Waals surface area (Å²) in [6, 6.07) is 0.850. The molecule has 2 amide bonds. The Labute approximate surface area is 153 Å². The molecule has 1 N–H and O–H groups in total. The van der Waals surface area contributed by atoms with E-state index in [1.165, 1.54) is 0 Å². The molecule has 0 aromatic carbocycles. The number of alkyl carbamates (subject to hydrolysis) is 1. The number of halogens is 4. The maximum absolute atomic E-state index is 12.7. The smallest absolute Gasteiger partial charge is 0.417 e. The van der Waals surface area contributed by atoms with E-state index in [0.717, 1.165) is 12.3 Å². The highest BCUT2D eigenvalue weighted by molar-refractivity contribution is 6.33. The van der Waals surface area contributed by atoms with Gasteiger partial charge < -0.3 is 9.64 Å². The van der Waals surface area contributed by atoms with E-state index in [2.05, 4.69) is 15.0 Å². The molecule has 0 aliphatic carbocycles. The molecule has 1 fully saturated rings. The number of rotatable bonds is 4. The van der Waals surface area contributed by atoms with Gasteiger partial charge in [0.1, 0.15) is 5.82 Å². The molecule has 26 heavy (non-hydrogen) atoms. The van der Waals surface area contributed by atoms with Crippen LogP contribution < -0.4 is 10.2 Å². The van der Waals surface area contributed by atoms with E-state index in [0.29, 0.717) is 26.2 Å². The lowest BCUT2D eigenvalue weighted by atomic mass is 10.2. The van der Waals surface area contributed by atoms with Gasteiger partial charge in [0.15, 0.2) is 0 Å². The number of imide groups is 1. The van der Waals surface area contributed by atoms with Crippen molar-refractivity contribution in [3.63, 3.8) is 0 Å². The van der Waals surface area contributed by atoms with Crippen LogP contribution in [0.3, 0.4) is 0 Å². The Morgan fingerprint density at radius 1 is 1.31 bits per heavy atom. The summed E-state index contributed by atoms with van der Waals surface area (Å²) in [5, 5.41) is 2.03. The molecule has 144 valence electrons. The van der Waals surface area contributed by atoms with Crippen molar-refractivity contribution in [2.24, 2.45) is 0 Å². The summed E-state index contributed by atoms with van der Waals surface area (Å²) >= 11 is 5.94. The Hall–Kier alpha value is -2.07. The van der Waals surface area contributed by atoms with E-state index in [-0.39, 0.29) is 24.0 Å².